The molecule has 0 unspecified atom stereocenters. The molecular formula is C13H18FNO2S. The molecule has 0 aromatic heterocycles. The van der Waals surface area contributed by atoms with Crippen LogP contribution in [0.4, 0.5) is 4.39 Å². The van der Waals surface area contributed by atoms with Gasteiger partial charge in [0.1, 0.15) is 5.82 Å². The topological polar surface area (TPSA) is 37.4 Å². The van der Waals surface area contributed by atoms with Gasteiger partial charge in [0, 0.05) is 13.1 Å². The fourth-order valence-electron chi connectivity index (χ4n) is 2.29. The van der Waals surface area contributed by atoms with Gasteiger partial charge in [-0.2, -0.15) is 4.31 Å². The van der Waals surface area contributed by atoms with E-state index >= 15 is 0 Å². The van der Waals surface area contributed by atoms with Crippen molar-refractivity contribution in [1.29, 1.82) is 0 Å². The number of piperidine rings is 1. The quantitative estimate of drug-likeness (QED) is 0.829. The fraction of sp³-hybridized carbons (Fsp3) is 0.538. The van der Waals surface area contributed by atoms with Crippen molar-refractivity contribution < 1.29 is 12.8 Å². The number of rotatable bonds is 2. The third-order valence-electron chi connectivity index (χ3n) is 3.39. The smallest absolute Gasteiger partial charge is 0.207 e. The van der Waals surface area contributed by atoms with E-state index in [0.717, 1.165) is 12.8 Å². The molecule has 0 radical (unpaired) electrons. The molecule has 1 aromatic carbocycles. The standard InChI is InChI=1S/C13H18FNO2S/c1-10-4-3-7-15(9-10)18(16,17)12-5-6-13(14)11(2)8-12/h5-6,8,10H,3-4,7,9H2,1-2H3/t10-/m0/s1. The van der Waals surface area contributed by atoms with Crippen molar-refractivity contribution in [2.45, 2.75) is 31.6 Å². The van der Waals surface area contributed by atoms with Gasteiger partial charge in [-0.05, 0) is 49.4 Å². The second-order valence-electron chi connectivity index (χ2n) is 5.02. The molecule has 1 saturated heterocycles. The lowest BCUT2D eigenvalue weighted by Gasteiger charge is -2.30. The Labute approximate surface area is 108 Å². The molecule has 0 aliphatic carbocycles. The van der Waals surface area contributed by atoms with E-state index in [4.69, 9.17) is 0 Å². The molecule has 5 heteroatoms. The number of halogens is 1. The highest BCUT2D eigenvalue weighted by atomic mass is 32.2. The zero-order chi connectivity index (χ0) is 13.3. The summed E-state index contributed by atoms with van der Waals surface area (Å²) in [6.07, 6.45) is 1.95. The van der Waals surface area contributed by atoms with Crippen molar-refractivity contribution in [3.05, 3.63) is 29.6 Å². The molecule has 0 N–H and O–H groups in total. The molecule has 1 aliphatic heterocycles. The molecule has 100 valence electrons. The lowest BCUT2D eigenvalue weighted by molar-refractivity contribution is 0.281. The maximum atomic E-state index is 13.2. The van der Waals surface area contributed by atoms with Crippen LogP contribution in [0.25, 0.3) is 0 Å². The fourth-order valence-corrected chi connectivity index (χ4v) is 3.98. The second-order valence-corrected chi connectivity index (χ2v) is 6.96. The van der Waals surface area contributed by atoms with Crippen LogP contribution in [-0.2, 0) is 10.0 Å². The second kappa shape index (κ2) is 4.97. The largest absolute Gasteiger partial charge is 0.243 e. The van der Waals surface area contributed by atoms with Gasteiger partial charge >= 0.3 is 0 Å². The predicted molar refractivity (Wildman–Crippen MR) is 68.3 cm³/mol. The molecule has 1 aliphatic rings. The molecule has 1 aromatic rings. The summed E-state index contributed by atoms with van der Waals surface area (Å²) < 4.78 is 39.5. The minimum Gasteiger partial charge on any atom is -0.207 e. The highest BCUT2D eigenvalue weighted by Crippen LogP contribution is 2.24. The molecule has 0 bridgehead atoms. The maximum absolute atomic E-state index is 13.2. The molecule has 0 saturated carbocycles. The van der Waals surface area contributed by atoms with Crippen molar-refractivity contribution in [2.75, 3.05) is 13.1 Å². The zero-order valence-electron chi connectivity index (χ0n) is 10.7. The van der Waals surface area contributed by atoms with Crippen LogP contribution in [0.15, 0.2) is 23.1 Å². The monoisotopic (exact) mass is 271 g/mol. The van der Waals surface area contributed by atoms with Crippen LogP contribution in [0, 0.1) is 18.7 Å². The average molecular weight is 271 g/mol. The molecule has 1 fully saturated rings. The van der Waals surface area contributed by atoms with Gasteiger partial charge in [0.05, 0.1) is 4.90 Å². The van der Waals surface area contributed by atoms with E-state index in [0.29, 0.717) is 24.6 Å². The third kappa shape index (κ3) is 2.57. The first-order valence-electron chi connectivity index (χ1n) is 6.17. The van der Waals surface area contributed by atoms with E-state index in [9.17, 15) is 12.8 Å². The van der Waals surface area contributed by atoms with Gasteiger partial charge in [-0.25, -0.2) is 12.8 Å². The summed E-state index contributed by atoms with van der Waals surface area (Å²) in [6, 6.07) is 3.97. The van der Waals surface area contributed by atoms with Crippen LogP contribution in [0.1, 0.15) is 25.3 Å². The number of sulfonamides is 1. The van der Waals surface area contributed by atoms with Crippen LogP contribution >= 0.6 is 0 Å². The highest BCUT2D eigenvalue weighted by Gasteiger charge is 2.28. The Balaban J connectivity index is 2.32. The predicted octanol–water partition coefficient (Wildman–Crippen LogP) is 2.55. The highest BCUT2D eigenvalue weighted by molar-refractivity contribution is 7.89. The van der Waals surface area contributed by atoms with Gasteiger partial charge in [0.25, 0.3) is 0 Å². The average Bonchev–Trinajstić information content (AvgIpc) is 2.32. The number of nitrogens with zero attached hydrogens (tertiary/aromatic N) is 1. The Morgan fingerprint density at radius 2 is 2.11 bits per heavy atom. The number of hydrogen-bond acceptors (Lipinski definition) is 2. The van der Waals surface area contributed by atoms with Crippen molar-refractivity contribution in [3.8, 4) is 0 Å². The van der Waals surface area contributed by atoms with Crippen LogP contribution in [0.2, 0.25) is 0 Å². The Hall–Kier alpha value is -0.940. The summed E-state index contributed by atoms with van der Waals surface area (Å²) in [5, 5.41) is 0. The Kier molecular flexibility index (Phi) is 3.73. The van der Waals surface area contributed by atoms with E-state index in [1.54, 1.807) is 6.92 Å². The van der Waals surface area contributed by atoms with Gasteiger partial charge in [0.2, 0.25) is 10.0 Å². The Morgan fingerprint density at radius 3 is 2.72 bits per heavy atom. The normalized spacial score (nSPS) is 22.1. The first-order valence-corrected chi connectivity index (χ1v) is 7.61. The van der Waals surface area contributed by atoms with E-state index in [1.807, 2.05) is 0 Å². The summed E-state index contributed by atoms with van der Waals surface area (Å²) in [7, 11) is -3.47. The molecule has 1 atom stereocenters. The van der Waals surface area contributed by atoms with Crippen LogP contribution in [0.3, 0.4) is 0 Å². The Bertz CT molecular complexity index is 542. The van der Waals surface area contributed by atoms with Crippen molar-refractivity contribution in [2.24, 2.45) is 5.92 Å². The summed E-state index contributed by atoms with van der Waals surface area (Å²) >= 11 is 0. The Morgan fingerprint density at radius 1 is 1.39 bits per heavy atom. The van der Waals surface area contributed by atoms with Crippen molar-refractivity contribution >= 4 is 10.0 Å². The van der Waals surface area contributed by atoms with Gasteiger partial charge in [0.15, 0.2) is 0 Å². The van der Waals surface area contributed by atoms with Crippen molar-refractivity contribution in [1.82, 2.24) is 4.31 Å². The molecule has 18 heavy (non-hydrogen) atoms. The number of hydrogen-bond donors (Lipinski definition) is 0. The first kappa shape index (κ1) is 13.5. The minimum absolute atomic E-state index is 0.190. The number of aryl methyl sites for hydroxylation is 1. The van der Waals surface area contributed by atoms with E-state index in [2.05, 4.69) is 6.92 Å². The van der Waals surface area contributed by atoms with Crippen molar-refractivity contribution in [3.63, 3.8) is 0 Å². The molecule has 2 rings (SSSR count). The molecule has 1 heterocycles. The third-order valence-corrected chi connectivity index (χ3v) is 5.25. The molecule has 3 nitrogen and oxygen atoms in total. The van der Waals surface area contributed by atoms with Crippen LogP contribution in [0.5, 0.6) is 0 Å². The van der Waals surface area contributed by atoms with E-state index < -0.39 is 10.0 Å². The lowest BCUT2D eigenvalue weighted by atomic mass is 10.0. The minimum atomic E-state index is -3.47. The maximum Gasteiger partial charge on any atom is 0.243 e. The summed E-state index contributed by atoms with van der Waals surface area (Å²) in [5.41, 5.74) is 0.362. The van der Waals surface area contributed by atoms with E-state index in [1.165, 1.54) is 22.5 Å². The van der Waals surface area contributed by atoms with Gasteiger partial charge < -0.3 is 0 Å². The zero-order valence-corrected chi connectivity index (χ0v) is 11.5. The summed E-state index contributed by atoms with van der Waals surface area (Å²) in [4.78, 5) is 0.190. The van der Waals surface area contributed by atoms with E-state index in [-0.39, 0.29) is 10.7 Å². The molecule has 0 spiro atoms. The lowest BCUT2D eigenvalue weighted by Crippen LogP contribution is -2.39. The summed E-state index contributed by atoms with van der Waals surface area (Å²) in [6.45, 7) is 4.74. The first-order chi connectivity index (χ1) is 8.41. The van der Waals surface area contributed by atoms with Crippen LogP contribution in [-0.4, -0.2) is 25.8 Å². The van der Waals surface area contributed by atoms with Gasteiger partial charge in [-0.1, -0.05) is 6.92 Å². The van der Waals surface area contributed by atoms with Gasteiger partial charge in [-0.3, -0.25) is 0 Å². The molecule has 0 amide bonds. The summed E-state index contributed by atoms with van der Waals surface area (Å²) in [5.74, 6) is 0.0102. The van der Waals surface area contributed by atoms with Crippen LogP contribution < -0.4 is 0 Å². The molecular weight excluding hydrogens is 253 g/mol. The van der Waals surface area contributed by atoms with Gasteiger partial charge in [-0.15, -0.1) is 0 Å². The number of benzene rings is 1. The SMILES string of the molecule is Cc1cc(S(=O)(=O)N2CCC[C@H](C)C2)ccc1F.